The fourth-order valence-corrected chi connectivity index (χ4v) is 7.32. The number of H-pyrrole nitrogens is 1. The molecule has 0 aromatic carbocycles. The van der Waals surface area contributed by atoms with E-state index < -0.39 is 107 Å². The molecule has 3 rings (SSSR count). The maximum absolute atomic E-state index is 13.9. The third-order valence-electron chi connectivity index (χ3n) is 6.14. The Morgan fingerprint density at radius 1 is 1.27 bits per heavy atom. The molecular weight excluding hydrogens is 611 g/mol. The Hall–Kier alpha value is -1.06. The number of nitrogens with two attached hydrogens (primary N) is 1. The summed E-state index contributed by atoms with van der Waals surface area (Å²) in [5.74, 6) is -1.54. The summed E-state index contributed by atoms with van der Waals surface area (Å²) >= 11 is 3.61. The first-order valence-corrected chi connectivity index (χ1v) is 15.7. The number of nitrogens with one attached hydrogen (secondary N) is 1. The lowest BCUT2D eigenvalue weighted by atomic mass is 9.93. The quantitative estimate of drug-likeness (QED) is 0.0905. The second kappa shape index (κ2) is 13.5. The van der Waals surface area contributed by atoms with Gasteiger partial charge in [0.15, 0.2) is 12.5 Å². The monoisotopic (exact) mass is 641 g/mol. The summed E-state index contributed by atoms with van der Waals surface area (Å²) in [5.41, 5.74) is 4.60. The van der Waals surface area contributed by atoms with Gasteiger partial charge in [-0.2, -0.15) is 4.31 Å². The Kier molecular flexibility index (Phi) is 11.3. The molecule has 230 valence electrons. The fourth-order valence-electron chi connectivity index (χ4n) is 4.12. The van der Waals surface area contributed by atoms with Crippen LogP contribution in [0.2, 0.25) is 0 Å². The Bertz CT molecular complexity index is 1220. The number of phosphoric ester groups is 1. The molecule has 0 spiro atoms. The summed E-state index contributed by atoms with van der Waals surface area (Å²) in [4.78, 5) is 35.6. The molecule has 0 saturated carbocycles. The number of rotatable bonds is 11. The summed E-state index contributed by atoms with van der Waals surface area (Å²) in [7, 11) is -4.21. The Labute approximate surface area is 230 Å². The maximum atomic E-state index is 13.9. The van der Waals surface area contributed by atoms with Gasteiger partial charge < -0.3 is 45.3 Å². The van der Waals surface area contributed by atoms with E-state index in [-0.39, 0.29) is 0 Å². The minimum Gasteiger partial charge on any atom is -0.393 e. The van der Waals surface area contributed by atoms with Gasteiger partial charge in [-0.1, -0.05) is 12.2 Å². The van der Waals surface area contributed by atoms with Crippen LogP contribution in [0.1, 0.15) is 6.23 Å². The van der Waals surface area contributed by atoms with Crippen molar-refractivity contribution < 1.29 is 66.4 Å². The van der Waals surface area contributed by atoms with Crippen molar-refractivity contribution in [2.24, 2.45) is 11.7 Å². The summed E-state index contributed by atoms with van der Waals surface area (Å²) in [5, 5.41) is 39.2. The average Bonchev–Trinajstić information content (AvgIpc) is 3.14. The molecule has 12 atom stereocenters. The first-order chi connectivity index (χ1) is 18.6. The number of phosphoric acid groups is 1. The van der Waals surface area contributed by atoms with Crippen molar-refractivity contribution in [3.8, 4) is 0 Å². The van der Waals surface area contributed by atoms with Crippen molar-refractivity contribution in [2.45, 2.75) is 55.3 Å². The number of thiol groups is 1. The topological polar surface area (TPSA) is 272 Å². The Morgan fingerprint density at radius 2 is 1.95 bits per heavy atom. The number of aliphatic hydroxyl groups excluding tert-OH is 4. The highest BCUT2D eigenvalue weighted by molar-refractivity contribution is 8.45. The summed E-state index contributed by atoms with van der Waals surface area (Å²) in [6.45, 7) is -7.26. The van der Waals surface area contributed by atoms with E-state index in [2.05, 4.69) is 21.1 Å². The normalized spacial score (nSPS) is 36.9. The van der Waals surface area contributed by atoms with Gasteiger partial charge in [-0.15, -0.1) is 0 Å². The van der Waals surface area contributed by atoms with Crippen LogP contribution >= 0.6 is 26.9 Å². The zero-order valence-corrected chi connectivity index (χ0v) is 23.3. The van der Waals surface area contributed by atoms with Crippen molar-refractivity contribution in [1.82, 2.24) is 9.55 Å². The molecule has 2 aliphatic heterocycles. The number of hydrogen-bond donors (Lipinski definition) is 8. The molecule has 2 fully saturated rings. The highest BCUT2D eigenvalue weighted by Gasteiger charge is 2.48. The van der Waals surface area contributed by atoms with Gasteiger partial charge in [0, 0.05) is 25.3 Å². The van der Waals surface area contributed by atoms with Crippen molar-refractivity contribution in [3.05, 3.63) is 33.1 Å². The summed E-state index contributed by atoms with van der Waals surface area (Å²) in [6.07, 6.45) is -12.7. The van der Waals surface area contributed by atoms with Crippen LogP contribution in [0.5, 0.6) is 0 Å². The van der Waals surface area contributed by atoms with Gasteiger partial charge in [0.25, 0.3) is 5.56 Å². The molecule has 18 nitrogen and oxygen atoms in total. The molecule has 1 aromatic rings. The van der Waals surface area contributed by atoms with Gasteiger partial charge in [0.05, 0.1) is 32.0 Å². The zero-order chi connectivity index (χ0) is 30.0. The van der Waals surface area contributed by atoms with E-state index in [1.54, 1.807) is 0 Å². The lowest BCUT2D eigenvalue weighted by molar-refractivity contribution is -0.173. The van der Waals surface area contributed by atoms with Crippen LogP contribution in [-0.2, 0) is 36.7 Å². The molecule has 40 heavy (non-hydrogen) atoms. The van der Waals surface area contributed by atoms with E-state index in [0.717, 1.165) is 16.8 Å². The van der Waals surface area contributed by atoms with Crippen LogP contribution in [0.15, 0.2) is 21.9 Å². The van der Waals surface area contributed by atoms with Gasteiger partial charge in [0.1, 0.15) is 30.6 Å². The highest BCUT2D eigenvalue weighted by atomic mass is 32.7. The van der Waals surface area contributed by atoms with Gasteiger partial charge in [-0.3, -0.25) is 23.4 Å². The van der Waals surface area contributed by atoms with Crippen molar-refractivity contribution >= 4 is 26.9 Å². The predicted octanol–water partition coefficient (Wildman–Crippen LogP) is -2.65. The molecular formula is C18H30FN3O15P2S. The first kappa shape index (κ1) is 33.4. The summed E-state index contributed by atoms with van der Waals surface area (Å²) in [6, 6.07) is 0.0542. The van der Waals surface area contributed by atoms with E-state index in [9.17, 15) is 43.3 Å². The van der Waals surface area contributed by atoms with Crippen molar-refractivity contribution in [1.29, 1.82) is 0 Å². The zero-order valence-electron chi connectivity index (χ0n) is 20.6. The van der Waals surface area contributed by atoms with Crippen molar-refractivity contribution in [3.63, 3.8) is 0 Å². The van der Waals surface area contributed by atoms with Crippen LogP contribution in [-0.4, -0.2) is 111 Å². The Morgan fingerprint density at radius 3 is 2.55 bits per heavy atom. The Balaban J connectivity index is 1.64. The van der Waals surface area contributed by atoms with Crippen molar-refractivity contribution in [2.75, 3.05) is 26.9 Å². The van der Waals surface area contributed by atoms with E-state index in [1.807, 2.05) is 4.98 Å². The van der Waals surface area contributed by atoms with E-state index in [4.69, 9.17) is 29.6 Å². The second-order valence-electron chi connectivity index (χ2n) is 8.82. The van der Waals surface area contributed by atoms with E-state index in [1.165, 1.54) is 7.11 Å². The van der Waals surface area contributed by atoms with E-state index >= 15 is 0 Å². The minimum atomic E-state index is -5.46. The molecule has 0 aliphatic carbocycles. The molecule has 7 unspecified atom stereocenters. The molecule has 0 radical (unpaired) electrons. The molecule has 2 saturated heterocycles. The number of ether oxygens (including phenoxy) is 3. The van der Waals surface area contributed by atoms with Gasteiger partial charge >= 0.3 is 20.3 Å². The molecule has 8 N–H and O–H groups in total. The number of aromatic amines is 1. The van der Waals surface area contributed by atoms with Crippen LogP contribution in [0.3, 0.4) is 0 Å². The van der Waals surface area contributed by atoms with Crippen LogP contribution in [0, 0.1) is 5.92 Å². The lowest BCUT2D eigenvalue weighted by Crippen LogP contribution is -2.47. The number of halogens is 1. The molecule has 0 bridgehead atoms. The fraction of sp³-hybridized carbons (Fsp3) is 0.778. The largest absolute Gasteiger partial charge is 0.482 e. The molecule has 0 amide bonds. The summed E-state index contributed by atoms with van der Waals surface area (Å²) < 4.78 is 70.1. The number of alkyl halides is 1. The number of hydrogen-bond acceptors (Lipinski definition) is 15. The third-order valence-corrected chi connectivity index (χ3v) is 9.75. The van der Waals surface area contributed by atoms with Crippen LogP contribution in [0.25, 0.3) is 0 Å². The lowest BCUT2D eigenvalue weighted by Gasteiger charge is -2.27. The van der Waals surface area contributed by atoms with Gasteiger partial charge in [-0.05, 0) is 0 Å². The molecule has 1 aromatic heterocycles. The average molecular weight is 641 g/mol. The number of methoxy groups -OCH3 is 1. The number of aliphatic hydroxyl groups is 4. The highest BCUT2D eigenvalue weighted by Crippen LogP contribution is 2.66. The third kappa shape index (κ3) is 7.85. The molecule has 3 heterocycles. The predicted molar refractivity (Wildman–Crippen MR) is 132 cm³/mol. The maximum Gasteiger partial charge on any atom is 0.482 e. The van der Waals surface area contributed by atoms with Gasteiger partial charge in [-0.25, -0.2) is 18.3 Å². The molecule has 2 aliphatic rings. The standard InChI is InChI=1S/C18H30FN3O15P2S/c1-32-15-9(35-16(11(15)20)22-3-2-10(24)21-18(22)28)6-34-39(31,40)37-38(29,30)36-17-14(27)13(26)12(25)7(5-33-17)8(19)4-23/h2-3,7-9,11-17,23,25-27H,4-6,20H2,1H3,(H,29,30)(H,31,40)(H,21,24,28)/t7?,8-,9+,11+,12?,13?,14?,15+,16+,17?,39?/m0/s1. The van der Waals surface area contributed by atoms with Gasteiger partial charge in [0.2, 0.25) is 0 Å². The second-order valence-corrected chi connectivity index (χ2v) is 13.3. The smallest absolute Gasteiger partial charge is 0.393 e. The number of nitrogens with zero attached hydrogens (tertiary/aromatic N) is 1. The van der Waals surface area contributed by atoms with Crippen LogP contribution in [0.4, 0.5) is 4.39 Å². The SMILES string of the molecule is CO[C@H]1[C@@H](N)[C@H](n2ccc(=O)[nH]c2=O)O[C@@H]1COP(=O)(S)OP(=O)(O)OC1OCC([C@@H](F)CO)C(O)C(O)C1O. The first-order valence-electron chi connectivity index (χ1n) is 11.5. The minimum absolute atomic E-state index is 0.663. The molecule has 22 heteroatoms. The number of aromatic nitrogens is 2. The van der Waals surface area contributed by atoms with Crippen LogP contribution < -0.4 is 17.0 Å². The van der Waals surface area contributed by atoms with E-state index in [0.29, 0.717) is 0 Å².